The maximum absolute atomic E-state index is 5.98. The highest BCUT2D eigenvalue weighted by atomic mass is 16.3. The van der Waals surface area contributed by atoms with Crippen molar-refractivity contribution in [3.05, 3.63) is 24.2 Å². The molecule has 2 N–H and O–H groups in total. The lowest BCUT2D eigenvalue weighted by atomic mass is 9.77. The lowest BCUT2D eigenvalue weighted by Gasteiger charge is -2.31. The van der Waals surface area contributed by atoms with E-state index in [1.165, 1.54) is 24.8 Å². The Kier molecular flexibility index (Phi) is 4.69. The van der Waals surface area contributed by atoms with Crippen LogP contribution >= 0.6 is 0 Å². The number of hydrogen-bond acceptors (Lipinski definition) is 3. The second-order valence-electron chi connectivity index (χ2n) is 6.84. The molecular formula is C16H28N2O. The SMILES string of the molecule is CC(C)(C)C1CCCN(C(CN)c2ccoc2)CC1. The number of furan rings is 1. The predicted molar refractivity (Wildman–Crippen MR) is 78.9 cm³/mol. The third-order valence-corrected chi connectivity index (χ3v) is 4.58. The molecule has 1 aliphatic rings. The zero-order chi connectivity index (χ0) is 13.9. The van der Waals surface area contributed by atoms with E-state index in [1.807, 2.05) is 12.3 Å². The van der Waals surface area contributed by atoms with Crippen LogP contribution in [-0.2, 0) is 0 Å². The highest BCUT2D eigenvalue weighted by molar-refractivity contribution is 5.12. The average Bonchev–Trinajstić information content (AvgIpc) is 2.73. The van der Waals surface area contributed by atoms with E-state index in [0.717, 1.165) is 19.0 Å². The van der Waals surface area contributed by atoms with Crippen molar-refractivity contribution in [3.63, 3.8) is 0 Å². The van der Waals surface area contributed by atoms with Gasteiger partial charge in [0.25, 0.3) is 0 Å². The van der Waals surface area contributed by atoms with Gasteiger partial charge in [0.1, 0.15) is 0 Å². The van der Waals surface area contributed by atoms with Gasteiger partial charge < -0.3 is 10.2 Å². The second-order valence-corrected chi connectivity index (χ2v) is 6.84. The first-order valence-electron chi connectivity index (χ1n) is 7.48. The van der Waals surface area contributed by atoms with E-state index >= 15 is 0 Å². The van der Waals surface area contributed by atoms with Crippen molar-refractivity contribution < 1.29 is 4.42 Å². The van der Waals surface area contributed by atoms with E-state index in [0.29, 0.717) is 18.0 Å². The van der Waals surface area contributed by atoms with Crippen molar-refractivity contribution in [2.45, 2.75) is 46.1 Å². The van der Waals surface area contributed by atoms with Gasteiger partial charge in [0.05, 0.1) is 18.6 Å². The van der Waals surface area contributed by atoms with Crippen LogP contribution in [0.5, 0.6) is 0 Å². The van der Waals surface area contributed by atoms with E-state index in [-0.39, 0.29) is 0 Å². The lowest BCUT2D eigenvalue weighted by Crippen LogP contribution is -2.34. The number of nitrogens with zero attached hydrogens (tertiary/aromatic N) is 1. The van der Waals surface area contributed by atoms with Crippen LogP contribution in [-0.4, -0.2) is 24.5 Å². The molecule has 1 aliphatic heterocycles. The molecule has 1 aromatic heterocycles. The number of nitrogens with two attached hydrogens (primary N) is 1. The van der Waals surface area contributed by atoms with Crippen LogP contribution in [0.25, 0.3) is 0 Å². The number of likely N-dealkylation sites (tertiary alicyclic amines) is 1. The summed E-state index contributed by atoms with van der Waals surface area (Å²) in [6.07, 6.45) is 7.47. The van der Waals surface area contributed by atoms with E-state index in [1.54, 1.807) is 6.26 Å². The highest BCUT2D eigenvalue weighted by Gasteiger charge is 2.29. The second kappa shape index (κ2) is 6.10. The molecule has 0 amide bonds. The van der Waals surface area contributed by atoms with Crippen molar-refractivity contribution in [2.24, 2.45) is 17.1 Å². The summed E-state index contributed by atoms with van der Waals surface area (Å²) in [5.41, 5.74) is 7.62. The topological polar surface area (TPSA) is 42.4 Å². The van der Waals surface area contributed by atoms with Crippen molar-refractivity contribution in [3.8, 4) is 0 Å². The molecule has 19 heavy (non-hydrogen) atoms. The Hall–Kier alpha value is -0.800. The molecule has 3 nitrogen and oxygen atoms in total. The van der Waals surface area contributed by atoms with E-state index in [9.17, 15) is 0 Å². The Morgan fingerprint density at radius 1 is 1.37 bits per heavy atom. The summed E-state index contributed by atoms with van der Waals surface area (Å²) in [5, 5.41) is 0. The van der Waals surface area contributed by atoms with Crippen LogP contribution in [0, 0.1) is 11.3 Å². The van der Waals surface area contributed by atoms with Gasteiger partial charge in [-0.05, 0) is 49.8 Å². The van der Waals surface area contributed by atoms with Crippen molar-refractivity contribution in [1.82, 2.24) is 4.90 Å². The van der Waals surface area contributed by atoms with Crippen molar-refractivity contribution in [2.75, 3.05) is 19.6 Å². The first-order valence-corrected chi connectivity index (χ1v) is 7.48. The van der Waals surface area contributed by atoms with Crippen LogP contribution in [0.3, 0.4) is 0 Å². The van der Waals surface area contributed by atoms with Gasteiger partial charge in [0.2, 0.25) is 0 Å². The molecule has 108 valence electrons. The molecule has 0 saturated carbocycles. The molecule has 0 radical (unpaired) electrons. The third kappa shape index (κ3) is 3.61. The fraction of sp³-hybridized carbons (Fsp3) is 0.750. The van der Waals surface area contributed by atoms with E-state index in [4.69, 9.17) is 10.2 Å². The predicted octanol–water partition coefficient (Wildman–Crippen LogP) is 3.43. The maximum Gasteiger partial charge on any atom is 0.0950 e. The molecule has 0 bridgehead atoms. The smallest absolute Gasteiger partial charge is 0.0950 e. The average molecular weight is 264 g/mol. The molecule has 0 spiro atoms. The molecule has 2 rings (SSSR count). The summed E-state index contributed by atoms with van der Waals surface area (Å²) in [4.78, 5) is 2.54. The van der Waals surface area contributed by atoms with Gasteiger partial charge in [0, 0.05) is 12.1 Å². The minimum Gasteiger partial charge on any atom is -0.472 e. The fourth-order valence-electron chi connectivity index (χ4n) is 3.26. The summed E-state index contributed by atoms with van der Waals surface area (Å²) >= 11 is 0. The minimum absolute atomic E-state index is 0.317. The molecule has 0 aromatic carbocycles. The quantitative estimate of drug-likeness (QED) is 0.909. The maximum atomic E-state index is 5.98. The van der Waals surface area contributed by atoms with Gasteiger partial charge in [-0.25, -0.2) is 0 Å². The Bertz CT molecular complexity index is 367. The Labute approximate surface area is 117 Å². The summed E-state index contributed by atoms with van der Waals surface area (Å²) in [5.74, 6) is 0.820. The molecule has 1 aromatic rings. The standard InChI is InChI=1S/C16H28N2O/c1-16(2,3)14-5-4-8-18(9-6-14)15(11-17)13-7-10-19-12-13/h7,10,12,14-15H,4-6,8-9,11,17H2,1-3H3. The summed E-state index contributed by atoms with van der Waals surface area (Å²) in [6.45, 7) is 10.1. The monoisotopic (exact) mass is 264 g/mol. The van der Waals surface area contributed by atoms with Crippen molar-refractivity contribution >= 4 is 0 Å². The van der Waals surface area contributed by atoms with Crippen LogP contribution in [0.4, 0.5) is 0 Å². The van der Waals surface area contributed by atoms with Crippen LogP contribution < -0.4 is 5.73 Å². The summed E-state index contributed by atoms with van der Waals surface area (Å²) in [7, 11) is 0. The van der Waals surface area contributed by atoms with Crippen LogP contribution in [0.1, 0.15) is 51.6 Å². The first-order chi connectivity index (χ1) is 9.02. The fourth-order valence-corrected chi connectivity index (χ4v) is 3.26. The number of hydrogen-bond donors (Lipinski definition) is 1. The molecule has 2 atom stereocenters. The molecule has 0 aliphatic carbocycles. The van der Waals surface area contributed by atoms with Gasteiger partial charge in [0.15, 0.2) is 0 Å². The zero-order valence-corrected chi connectivity index (χ0v) is 12.6. The van der Waals surface area contributed by atoms with Crippen LogP contribution in [0.2, 0.25) is 0 Å². The normalized spacial score (nSPS) is 24.1. The van der Waals surface area contributed by atoms with E-state index < -0.39 is 0 Å². The number of rotatable bonds is 3. The Morgan fingerprint density at radius 3 is 2.74 bits per heavy atom. The van der Waals surface area contributed by atoms with E-state index in [2.05, 4.69) is 25.7 Å². The molecule has 2 heterocycles. The zero-order valence-electron chi connectivity index (χ0n) is 12.6. The molecule has 1 fully saturated rings. The lowest BCUT2D eigenvalue weighted by molar-refractivity contribution is 0.184. The summed E-state index contributed by atoms with van der Waals surface area (Å²) < 4.78 is 5.21. The van der Waals surface area contributed by atoms with Crippen molar-refractivity contribution in [1.29, 1.82) is 0 Å². The van der Waals surface area contributed by atoms with Gasteiger partial charge in [-0.3, -0.25) is 4.90 Å². The molecule has 3 heteroatoms. The molecular weight excluding hydrogens is 236 g/mol. The van der Waals surface area contributed by atoms with Gasteiger partial charge in [-0.15, -0.1) is 0 Å². The molecule has 2 unspecified atom stereocenters. The van der Waals surface area contributed by atoms with Gasteiger partial charge >= 0.3 is 0 Å². The van der Waals surface area contributed by atoms with Crippen LogP contribution in [0.15, 0.2) is 23.0 Å². The minimum atomic E-state index is 0.317. The van der Waals surface area contributed by atoms with Gasteiger partial charge in [-0.2, -0.15) is 0 Å². The summed E-state index contributed by atoms with van der Waals surface area (Å²) in [6, 6.07) is 2.36. The third-order valence-electron chi connectivity index (χ3n) is 4.58. The largest absolute Gasteiger partial charge is 0.472 e. The Balaban J connectivity index is 2.02. The van der Waals surface area contributed by atoms with Gasteiger partial charge in [-0.1, -0.05) is 20.8 Å². The highest BCUT2D eigenvalue weighted by Crippen LogP contribution is 2.35. The first kappa shape index (κ1) is 14.6. The molecule has 1 saturated heterocycles. The Morgan fingerprint density at radius 2 is 2.16 bits per heavy atom.